The number of benzene rings is 1. The predicted molar refractivity (Wildman–Crippen MR) is 146 cm³/mol. The van der Waals surface area contributed by atoms with Crippen molar-refractivity contribution in [2.24, 2.45) is 11.8 Å². The molecular weight excluding hydrogens is 480 g/mol. The number of hydrogen-bond donors (Lipinski definition) is 0. The van der Waals surface area contributed by atoms with Gasteiger partial charge in [0.05, 0.1) is 25.6 Å². The van der Waals surface area contributed by atoms with Crippen LogP contribution >= 0.6 is 0 Å². The topological polar surface area (TPSA) is 87.3 Å². The molecule has 5 heterocycles. The Hall–Kier alpha value is -3.56. The van der Waals surface area contributed by atoms with E-state index in [9.17, 15) is 4.79 Å². The van der Waals surface area contributed by atoms with Gasteiger partial charge in [-0.1, -0.05) is 6.07 Å². The monoisotopic (exact) mass is 514 g/mol. The van der Waals surface area contributed by atoms with Crippen molar-refractivity contribution in [3.05, 3.63) is 64.8 Å². The zero-order valence-electron chi connectivity index (χ0n) is 22.0. The van der Waals surface area contributed by atoms with Crippen LogP contribution in [0.15, 0.2) is 53.6 Å². The second-order valence-electron chi connectivity index (χ2n) is 10.5. The first-order chi connectivity index (χ1) is 18.6. The Balaban J connectivity index is 1.38. The molecule has 4 aromatic rings. The first kappa shape index (κ1) is 24.8. The van der Waals surface area contributed by atoms with E-state index in [-0.39, 0.29) is 5.56 Å². The molecule has 2 aliphatic rings. The number of nitrogens with zero attached hydrogens (tertiary/aromatic N) is 6. The lowest BCUT2D eigenvalue weighted by molar-refractivity contribution is 0.128. The Labute approximate surface area is 222 Å². The fraction of sp³-hybridized carbons (Fsp3) is 0.448. The molecule has 1 unspecified atom stereocenters. The van der Waals surface area contributed by atoms with Gasteiger partial charge in [0.2, 0.25) is 0 Å². The van der Waals surface area contributed by atoms with Gasteiger partial charge in [-0.15, -0.1) is 0 Å². The minimum absolute atomic E-state index is 0.115. The normalized spacial score (nSPS) is 20.3. The molecule has 2 saturated heterocycles. The van der Waals surface area contributed by atoms with Gasteiger partial charge in [-0.05, 0) is 68.8 Å². The Morgan fingerprint density at radius 3 is 2.87 bits per heavy atom. The van der Waals surface area contributed by atoms with Crippen molar-refractivity contribution in [2.75, 3.05) is 40.0 Å². The van der Waals surface area contributed by atoms with Crippen LogP contribution in [0, 0.1) is 18.8 Å². The van der Waals surface area contributed by atoms with Crippen molar-refractivity contribution >= 4 is 11.0 Å². The molecule has 0 spiro atoms. The first-order valence-corrected chi connectivity index (χ1v) is 13.5. The van der Waals surface area contributed by atoms with Gasteiger partial charge in [0, 0.05) is 49.8 Å². The van der Waals surface area contributed by atoms with E-state index in [1.165, 1.54) is 0 Å². The molecule has 0 radical (unpaired) electrons. The van der Waals surface area contributed by atoms with Gasteiger partial charge in [-0.3, -0.25) is 14.3 Å². The Bertz CT molecular complexity index is 1490. The van der Waals surface area contributed by atoms with E-state index in [0.29, 0.717) is 35.2 Å². The molecule has 0 saturated carbocycles. The third-order valence-corrected chi connectivity index (χ3v) is 7.77. The van der Waals surface area contributed by atoms with E-state index in [2.05, 4.69) is 15.0 Å². The van der Waals surface area contributed by atoms with Crippen molar-refractivity contribution in [2.45, 2.75) is 32.7 Å². The van der Waals surface area contributed by atoms with E-state index in [4.69, 9.17) is 14.5 Å². The van der Waals surface area contributed by atoms with Crippen molar-refractivity contribution in [1.29, 1.82) is 0 Å². The maximum Gasteiger partial charge on any atom is 0.282 e. The first-order valence-electron chi connectivity index (χ1n) is 13.5. The predicted octanol–water partition coefficient (Wildman–Crippen LogP) is 3.71. The zero-order valence-corrected chi connectivity index (χ0v) is 22.0. The van der Waals surface area contributed by atoms with E-state index in [0.717, 1.165) is 74.8 Å². The van der Waals surface area contributed by atoms with Crippen LogP contribution in [0.1, 0.15) is 25.0 Å². The average molecular weight is 515 g/mol. The van der Waals surface area contributed by atoms with Crippen LogP contribution in [0.4, 0.5) is 0 Å². The van der Waals surface area contributed by atoms with Gasteiger partial charge in [0.15, 0.2) is 5.52 Å². The highest BCUT2D eigenvalue weighted by atomic mass is 16.5. The van der Waals surface area contributed by atoms with E-state index < -0.39 is 0 Å². The largest absolute Gasteiger partial charge is 0.497 e. The number of likely N-dealkylation sites (tertiary alicyclic amines) is 1. The second-order valence-corrected chi connectivity index (χ2v) is 10.5. The maximum absolute atomic E-state index is 14.0. The Morgan fingerprint density at radius 2 is 2.05 bits per heavy atom. The number of pyridine rings is 1. The van der Waals surface area contributed by atoms with Crippen LogP contribution in [-0.2, 0) is 11.3 Å². The van der Waals surface area contributed by atoms with E-state index >= 15 is 0 Å². The number of methoxy groups -OCH3 is 1. The molecule has 2 aliphatic heterocycles. The summed E-state index contributed by atoms with van der Waals surface area (Å²) >= 11 is 0. The molecule has 0 bridgehead atoms. The van der Waals surface area contributed by atoms with Crippen molar-refractivity contribution in [3.8, 4) is 22.8 Å². The molecule has 9 nitrogen and oxygen atoms in total. The van der Waals surface area contributed by atoms with E-state index in [1.807, 2.05) is 54.1 Å². The van der Waals surface area contributed by atoms with Gasteiger partial charge >= 0.3 is 0 Å². The third-order valence-electron chi connectivity index (χ3n) is 7.77. The van der Waals surface area contributed by atoms with Gasteiger partial charge in [0.25, 0.3) is 5.56 Å². The molecular formula is C29H34N6O3. The van der Waals surface area contributed by atoms with Crippen LogP contribution in [0.25, 0.3) is 28.1 Å². The van der Waals surface area contributed by atoms with Crippen molar-refractivity contribution in [1.82, 2.24) is 29.2 Å². The smallest absolute Gasteiger partial charge is 0.282 e. The Kier molecular flexibility index (Phi) is 6.95. The van der Waals surface area contributed by atoms with E-state index in [1.54, 1.807) is 18.0 Å². The number of hydrogen-bond acceptors (Lipinski definition) is 7. The number of aromatic nitrogens is 5. The number of aryl methyl sites for hydroxylation is 1. The summed E-state index contributed by atoms with van der Waals surface area (Å²) in [6.07, 6.45) is 6.95. The van der Waals surface area contributed by atoms with Crippen molar-refractivity contribution < 1.29 is 9.47 Å². The number of rotatable bonds is 7. The standard InChI is InChI=1S/C29H34N6O3/c1-20-25(9-4-11-30-20)28-31-26-18-35(23-7-3-8-24(14-23)37-2)32-27(26)29(36)34(28)17-21-6-5-12-33(15-21)16-22-10-13-38-19-22/h3-4,7-9,11,14,18,21-22H,5-6,10,12-13,15-17,19H2,1-2H3/t21-,22?/m0/s1. The fourth-order valence-corrected chi connectivity index (χ4v) is 5.80. The summed E-state index contributed by atoms with van der Waals surface area (Å²) in [4.78, 5) is 26.0. The number of fused-ring (bicyclic) bond motifs is 1. The molecule has 0 N–H and O–H groups in total. The quantitative estimate of drug-likeness (QED) is 0.372. The van der Waals surface area contributed by atoms with Crippen LogP contribution in [0.3, 0.4) is 0 Å². The molecule has 0 amide bonds. The molecule has 3 aromatic heterocycles. The van der Waals surface area contributed by atoms with Gasteiger partial charge in [-0.2, -0.15) is 5.10 Å². The van der Waals surface area contributed by atoms with Gasteiger partial charge in [-0.25, -0.2) is 9.67 Å². The zero-order chi connectivity index (χ0) is 26.1. The maximum atomic E-state index is 14.0. The highest BCUT2D eigenvalue weighted by Crippen LogP contribution is 2.26. The minimum Gasteiger partial charge on any atom is -0.497 e. The molecule has 0 aliphatic carbocycles. The third kappa shape index (κ3) is 4.96. The number of ether oxygens (including phenoxy) is 2. The molecule has 6 rings (SSSR count). The molecule has 2 atom stereocenters. The van der Waals surface area contributed by atoms with Gasteiger partial charge in [0.1, 0.15) is 17.1 Å². The Morgan fingerprint density at radius 1 is 1.13 bits per heavy atom. The fourth-order valence-electron chi connectivity index (χ4n) is 5.80. The summed E-state index contributed by atoms with van der Waals surface area (Å²) < 4.78 is 14.5. The van der Waals surface area contributed by atoms with Gasteiger partial charge < -0.3 is 14.4 Å². The summed E-state index contributed by atoms with van der Waals surface area (Å²) in [7, 11) is 1.63. The summed E-state index contributed by atoms with van der Waals surface area (Å²) in [6, 6.07) is 11.5. The lowest BCUT2D eigenvalue weighted by atomic mass is 9.96. The van der Waals surface area contributed by atoms with Crippen LogP contribution in [-0.4, -0.2) is 69.2 Å². The lowest BCUT2D eigenvalue weighted by Crippen LogP contribution is -2.41. The summed E-state index contributed by atoms with van der Waals surface area (Å²) in [5, 5.41) is 4.68. The SMILES string of the molecule is COc1cccc(-n2cc3nc(-c4cccnc4C)n(C[C@H]4CCCN(CC5CCOC5)C4)c(=O)c3n2)c1. The highest BCUT2D eigenvalue weighted by Gasteiger charge is 2.27. The molecule has 2 fully saturated rings. The average Bonchev–Trinajstić information content (AvgIpc) is 3.61. The summed E-state index contributed by atoms with van der Waals surface area (Å²) in [5.74, 6) is 2.35. The molecule has 1 aromatic carbocycles. The molecule has 9 heteroatoms. The highest BCUT2D eigenvalue weighted by molar-refractivity contribution is 5.76. The van der Waals surface area contributed by atoms with Crippen LogP contribution in [0.5, 0.6) is 5.75 Å². The van der Waals surface area contributed by atoms with Crippen molar-refractivity contribution in [3.63, 3.8) is 0 Å². The minimum atomic E-state index is -0.115. The molecule has 38 heavy (non-hydrogen) atoms. The summed E-state index contributed by atoms with van der Waals surface area (Å²) in [5.41, 5.74) is 3.35. The number of piperidine rings is 1. The van der Waals surface area contributed by atoms with Crippen LogP contribution < -0.4 is 10.3 Å². The lowest BCUT2D eigenvalue weighted by Gasteiger charge is -2.34. The molecule has 198 valence electrons. The second kappa shape index (κ2) is 10.7. The van der Waals surface area contributed by atoms with Crippen LogP contribution in [0.2, 0.25) is 0 Å². The summed E-state index contributed by atoms with van der Waals surface area (Å²) in [6.45, 7) is 7.46.